The Morgan fingerprint density at radius 3 is 3.00 bits per heavy atom. The minimum absolute atomic E-state index is 0. The van der Waals surface area contributed by atoms with Crippen molar-refractivity contribution in [3.63, 3.8) is 0 Å². The Labute approximate surface area is 110 Å². The van der Waals surface area contributed by atoms with Crippen LogP contribution in [0.15, 0.2) is 23.7 Å². The Morgan fingerprint density at radius 1 is 1.53 bits per heavy atom. The molecular formula is C11H15ClFN3S. The fraction of sp³-hybridized carbons (Fsp3) is 0.364. The fourth-order valence-electron chi connectivity index (χ4n) is 1.48. The van der Waals surface area contributed by atoms with Gasteiger partial charge in [-0.1, -0.05) is 6.07 Å². The van der Waals surface area contributed by atoms with Gasteiger partial charge >= 0.3 is 0 Å². The molecule has 2 rings (SSSR count). The number of aryl methyl sites for hydroxylation is 2. The summed E-state index contributed by atoms with van der Waals surface area (Å²) in [6.45, 7) is 2.68. The van der Waals surface area contributed by atoms with Crippen molar-refractivity contribution in [1.29, 1.82) is 0 Å². The summed E-state index contributed by atoms with van der Waals surface area (Å²) in [5, 5.41) is 9.57. The standard InChI is InChI=1S/C11H14FN3S.ClH/c1-9-8-15(5-4-12)14-11(9)13-7-10-3-2-6-16-10;/h2-3,6,8H,4-5,7H2,1H3,(H,13,14);1H. The van der Waals surface area contributed by atoms with Crippen molar-refractivity contribution in [2.75, 3.05) is 12.0 Å². The van der Waals surface area contributed by atoms with Gasteiger partial charge in [-0.2, -0.15) is 5.10 Å². The second-order valence-corrected chi connectivity index (χ2v) is 4.58. The van der Waals surface area contributed by atoms with E-state index in [0.29, 0.717) is 6.54 Å². The summed E-state index contributed by atoms with van der Waals surface area (Å²) in [5.74, 6) is 0.835. The zero-order chi connectivity index (χ0) is 11.4. The third-order valence-electron chi connectivity index (χ3n) is 2.27. The zero-order valence-corrected chi connectivity index (χ0v) is 11.2. The molecule has 17 heavy (non-hydrogen) atoms. The lowest BCUT2D eigenvalue weighted by atomic mass is 10.3. The van der Waals surface area contributed by atoms with Crippen LogP contribution in [-0.2, 0) is 13.1 Å². The number of alkyl halides is 1. The van der Waals surface area contributed by atoms with Gasteiger partial charge in [0.1, 0.15) is 6.67 Å². The summed E-state index contributed by atoms with van der Waals surface area (Å²) < 4.78 is 13.8. The van der Waals surface area contributed by atoms with Crippen molar-refractivity contribution in [2.24, 2.45) is 0 Å². The Bertz CT molecular complexity index is 442. The van der Waals surface area contributed by atoms with Crippen LogP contribution in [0.3, 0.4) is 0 Å². The van der Waals surface area contributed by atoms with E-state index in [2.05, 4.69) is 16.5 Å². The van der Waals surface area contributed by atoms with E-state index >= 15 is 0 Å². The number of nitrogens with one attached hydrogen (secondary N) is 1. The molecule has 0 unspecified atom stereocenters. The summed E-state index contributed by atoms with van der Waals surface area (Å²) in [6.07, 6.45) is 1.86. The number of halogens is 2. The van der Waals surface area contributed by atoms with E-state index in [4.69, 9.17) is 0 Å². The molecule has 1 N–H and O–H groups in total. The molecule has 0 saturated heterocycles. The molecule has 0 saturated carbocycles. The third-order valence-corrected chi connectivity index (χ3v) is 3.14. The predicted octanol–water partition coefficient (Wildman–Crippen LogP) is 3.26. The molecule has 3 nitrogen and oxygen atoms in total. The monoisotopic (exact) mass is 275 g/mol. The molecule has 0 aliphatic heterocycles. The first-order valence-electron chi connectivity index (χ1n) is 5.16. The molecule has 0 amide bonds. The highest BCUT2D eigenvalue weighted by atomic mass is 35.5. The number of hydrogen-bond donors (Lipinski definition) is 1. The van der Waals surface area contributed by atoms with E-state index in [0.717, 1.165) is 17.9 Å². The largest absolute Gasteiger partial charge is 0.363 e. The van der Waals surface area contributed by atoms with Gasteiger partial charge < -0.3 is 5.32 Å². The van der Waals surface area contributed by atoms with E-state index in [1.54, 1.807) is 16.0 Å². The van der Waals surface area contributed by atoms with Gasteiger partial charge in [0, 0.05) is 16.6 Å². The fourth-order valence-corrected chi connectivity index (χ4v) is 2.13. The van der Waals surface area contributed by atoms with Crippen LogP contribution in [0.2, 0.25) is 0 Å². The maximum absolute atomic E-state index is 12.1. The van der Waals surface area contributed by atoms with Crippen LogP contribution in [0.4, 0.5) is 10.2 Å². The van der Waals surface area contributed by atoms with Gasteiger partial charge in [0.2, 0.25) is 0 Å². The Morgan fingerprint density at radius 2 is 2.35 bits per heavy atom. The van der Waals surface area contributed by atoms with Gasteiger partial charge in [0.25, 0.3) is 0 Å². The normalized spacial score (nSPS) is 10.0. The molecule has 0 aliphatic rings. The summed E-state index contributed by atoms with van der Waals surface area (Å²) in [7, 11) is 0. The molecule has 2 heterocycles. The summed E-state index contributed by atoms with van der Waals surface area (Å²) in [6, 6.07) is 4.10. The number of nitrogens with zero attached hydrogens (tertiary/aromatic N) is 2. The molecule has 0 spiro atoms. The van der Waals surface area contributed by atoms with Crippen molar-refractivity contribution in [2.45, 2.75) is 20.0 Å². The van der Waals surface area contributed by atoms with Gasteiger partial charge in [-0.05, 0) is 18.4 Å². The van der Waals surface area contributed by atoms with Crippen molar-refractivity contribution < 1.29 is 4.39 Å². The van der Waals surface area contributed by atoms with Crippen LogP contribution < -0.4 is 5.32 Å². The van der Waals surface area contributed by atoms with E-state index in [-0.39, 0.29) is 19.1 Å². The predicted molar refractivity (Wildman–Crippen MR) is 71.8 cm³/mol. The van der Waals surface area contributed by atoms with Crippen molar-refractivity contribution >= 4 is 29.6 Å². The summed E-state index contributed by atoms with van der Waals surface area (Å²) >= 11 is 1.71. The molecule has 6 heteroatoms. The van der Waals surface area contributed by atoms with Crippen LogP contribution in [0, 0.1) is 6.92 Å². The number of hydrogen-bond acceptors (Lipinski definition) is 3. The van der Waals surface area contributed by atoms with Crippen LogP contribution in [0.5, 0.6) is 0 Å². The first-order valence-corrected chi connectivity index (χ1v) is 6.04. The van der Waals surface area contributed by atoms with E-state index in [1.807, 2.05) is 24.6 Å². The lowest BCUT2D eigenvalue weighted by Gasteiger charge is -2.01. The van der Waals surface area contributed by atoms with E-state index in [1.165, 1.54) is 4.88 Å². The van der Waals surface area contributed by atoms with Crippen molar-refractivity contribution in [1.82, 2.24) is 9.78 Å². The SMILES string of the molecule is Cc1cn(CCF)nc1NCc1cccs1.Cl. The highest BCUT2D eigenvalue weighted by Crippen LogP contribution is 2.15. The maximum Gasteiger partial charge on any atom is 0.151 e. The lowest BCUT2D eigenvalue weighted by molar-refractivity contribution is 0.427. The highest BCUT2D eigenvalue weighted by molar-refractivity contribution is 7.09. The van der Waals surface area contributed by atoms with Crippen LogP contribution >= 0.6 is 23.7 Å². The molecule has 0 atom stereocenters. The van der Waals surface area contributed by atoms with Crippen LogP contribution in [-0.4, -0.2) is 16.5 Å². The average Bonchev–Trinajstić information content (AvgIpc) is 2.86. The minimum atomic E-state index is -0.383. The highest BCUT2D eigenvalue weighted by Gasteiger charge is 2.04. The Kier molecular flexibility index (Phi) is 5.44. The smallest absolute Gasteiger partial charge is 0.151 e. The van der Waals surface area contributed by atoms with Crippen molar-refractivity contribution in [3.05, 3.63) is 34.2 Å². The molecule has 2 aromatic rings. The second-order valence-electron chi connectivity index (χ2n) is 3.55. The summed E-state index contributed by atoms with van der Waals surface area (Å²) in [4.78, 5) is 1.26. The van der Waals surface area contributed by atoms with E-state index < -0.39 is 0 Å². The lowest BCUT2D eigenvalue weighted by Crippen LogP contribution is -2.03. The molecule has 0 bridgehead atoms. The van der Waals surface area contributed by atoms with Crippen molar-refractivity contribution in [3.8, 4) is 0 Å². The molecule has 0 radical (unpaired) electrons. The topological polar surface area (TPSA) is 29.9 Å². The van der Waals surface area contributed by atoms with Gasteiger partial charge in [-0.3, -0.25) is 4.68 Å². The van der Waals surface area contributed by atoms with Gasteiger partial charge in [0.05, 0.1) is 13.1 Å². The molecule has 0 aliphatic carbocycles. The second kappa shape index (κ2) is 6.61. The number of thiophene rings is 1. The van der Waals surface area contributed by atoms with Crippen LogP contribution in [0.1, 0.15) is 10.4 Å². The molecular weight excluding hydrogens is 261 g/mol. The summed E-state index contributed by atoms with van der Waals surface area (Å²) in [5.41, 5.74) is 1.05. The number of aromatic nitrogens is 2. The Balaban J connectivity index is 0.00000144. The number of rotatable bonds is 5. The quantitative estimate of drug-likeness (QED) is 0.908. The molecule has 0 fully saturated rings. The molecule has 94 valence electrons. The van der Waals surface area contributed by atoms with Gasteiger partial charge in [-0.25, -0.2) is 4.39 Å². The van der Waals surface area contributed by atoms with E-state index in [9.17, 15) is 4.39 Å². The first-order chi connectivity index (χ1) is 7.79. The van der Waals surface area contributed by atoms with Gasteiger partial charge in [-0.15, -0.1) is 23.7 Å². The molecule has 0 aromatic carbocycles. The zero-order valence-electron chi connectivity index (χ0n) is 9.52. The maximum atomic E-state index is 12.1. The minimum Gasteiger partial charge on any atom is -0.363 e. The van der Waals surface area contributed by atoms with Gasteiger partial charge in [0.15, 0.2) is 5.82 Å². The Hall–Kier alpha value is -1.07. The molecule has 2 aromatic heterocycles. The van der Waals surface area contributed by atoms with Crippen LogP contribution in [0.25, 0.3) is 0 Å². The first kappa shape index (κ1) is 14.0. The third kappa shape index (κ3) is 3.71. The average molecular weight is 276 g/mol. The number of anilines is 1.